The van der Waals surface area contributed by atoms with Crippen molar-refractivity contribution < 1.29 is 17.6 Å². The molecule has 0 aliphatic carbocycles. The van der Waals surface area contributed by atoms with Gasteiger partial charge in [-0.3, -0.25) is 4.79 Å². The van der Waals surface area contributed by atoms with Crippen LogP contribution in [0.15, 0.2) is 18.2 Å². The number of halogens is 2. The van der Waals surface area contributed by atoms with E-state index in [0.717, 1.165) is 12.8 Å². The quantitative estimate of drug-likeness (QED) is 0.833. The third-order valence-corrected chi connectivity index (χ3v) is 6.92. The first kappa shape index (κ1) is 16.7. The van der Waals surface area contributed by atoms with Crippen LogP contribution in [-0.2, 0) is 21.1 Å². The molecule has 2 aliphatic heterocycles. The average molecular weight is 360 g/mol. The average Bonchev–Trinajstić information content (AvgIpc) is 2.72. The molecule has 0 spiro atoms. The van der Waals surface area contributed by atoms with Crippen LogP contribution in [0.25, 0.3) is 0 Å². The lowest BCUT2D eigenvalue weighted by atomic mass is 10.0. The standard InChI is InChI=1S/C16H19ClFNO3S/c1-23(21,22)12-7-10-5-6-11(8-12)19(10)16(20)9-13-14(17)3-2-4-15(13)18/h2-4,10-12H,5-9H2,1H3. The zero-order chi connectivity index (χ0) is 16.8. The molecule has 2 heterocycles. The van der Waals surface area contributed by atoms with Crippen LogP contribution in [0, 0.1) is 5.82 Å². The Kier molecular flexibility index (Phi) is 4.40. The first-order valence-corrected chi connectivity index (χ1v) is 10.0. The number of carbonyl (C=O) groups is 1. The van der Waals surface area contributed by atoms with Crippen molar-refractivity contribution in [2.45, 2.75) is 49.4 Å². The Morgan fingerprint density at radius 2 is 1.91 bits per heavy atom. The van der Waals surface area contributed by atoms with Gasteiger partial charge in [-0.15, -0.1) is 0 Å². The van der Waals surface area contributed by atoms with Crippen LogP contribution in [0.1, 0.15) is 31.2 Å². The molecule has 2 aliphatic rings. The van der Waals surface area contributed by atoms with Gasteiger partial charge in [0.1, 0.15) is 15.7 Å². The third-order valence-electron chi connectivity index (χ3n) is 4.97. The monoisotopic (exact) mass is 359 g/mol. The molecule has 2 saturated heterocycles. The normalized spacial score (nSPS) is 27.3. The molecule has 23 heavy (non-hydrogen) atoms. The lowest BCUT2D eigenvalue weighted by molar-refractivity contribution is -0.134. The summed E-state index contributed by atoms with van der Waals surface area (Å²) in [6.07, 6.45) is 3.76. The van der Waals surface area contributed by atoms with Gasteiger partial charge < -0.3 is 4.90 Å². The molecule has 3 rings (SSSR count). The maximum Gasteiger partial charge on any atom is 0.227 e. The molecular formula is C16H19ClFNO3S. The van der Waals surface area contributed by atoms with E-state index < -0.39 is 15.7 Å². The maximum absolute atomic E-state index is 13.9. The number of fused-ring (bicyclic) bond motifs is 2. The number of hydrogen-bond acceptors (Lipinski definition) is 3. The zero-order valence-electron chi connectivity index (χ0n) is 12.8. The van der Waals surface area contributed by atoms with Gasteiger partial charge in [0.15, 0.2) is 0 Å². The van der Waals surface area contributed by atoms with Crippen LogP contribution in [0.4, 0.5) is 4.39 Å². The van der Waals surface area contributed by atoms with Crippen LogP contribution in [0.5, 0.6) is 0 Å². The van der Waals surface area contributed by atoms with Gasteiger partial charge in [0.05, 0.1) is 11.7 Å². The van der Waals surface area contributed by atoms with Crippen LogP contribution >= 0.6 is 11.6 Å². The number of hydrogen-bond donors (Lipinski definition) is 0. The topological polar surface area (TPSA) is 54.5 Å². The van der Waals surface area contributed by atoms with E-state index >= 15 is 0 Å². The Bertz CT molecular complexity index is 703. The molecule has 1 amide bonds. The van der Waals surface area contributed by atoms with Crippen LogP contribution < -0.4 is 0 Å². The fourth-order valence-electron chi connectivity index (χ4n) is 3.83. The second kappa shape index (κ2) is 6.06. The molecule has 0 saturated carbocycles. The van der Waals surface area contributed by atoms with Gasteiger partial charge >= 0.3 is 0 Å². The summed E-state index contributed by atoms with van der Waals surface area (Å²) in [5, 5.41) is -0.127. The number of carbonyl (C=O) groups excluding carboxylic acids is 1. The first-order valence-electron chi connectivity index (χ1n) is 7.70. The Morgan fingerprint density at radius 1 is 1.30 bits per heavy atom. The highest BCUT2D eigenvalue weighted by Gasteiger charge is 2.45. The van der Waals surface area contributed by atoms with Crippen LogP contribution in [0.2, 0.25) is 5.02 Å². The van der Waals surface area contributed by atoms with E-state index in [1.807, 2.05) is 0 Å². The van der Waals surface area contributed by atoms with E-state index in [1.165, 1.54) is 18.4 Å². The number of nitrogens with zero attached hydrogens (tertiary/aromatic N) is 1. The summed E-state index contributed by atoms with van der Waals surface area (Å²) in [7, 11) is -3.09. The molecule has 2 bridgehead atoms. The third kappa shape index (κ3) is 3.24. The smallest absolute Gasteiger partial charge is 0.227 e. The van der Waals surface area contributed by atoms with Crippen molar-refractivity contribution >= 4 is 27.3 Å². The fraction of sp³-hybridized carbons (Fsp3) is 0.562. The summed E-state index contributed by atoms with van der Waals surface area (Å²) in [4.78, 5) is 14.4. The summed E-state index contributed by atoms with van der Waals surface area (Å²) in [5.41, 5.74) is 0.212. The van der Waals surface area contributed by atoms with Gasteiger partial charge in [-0.05, 0) is 37.8 Å². The SMILES string of the molecule is CS(=O)(=O)C1CC2CCC(C1)N2C(=O)Cc1c(F)cccc1Cl. The molecule has 0 aromatic heterocycles. The van der Waals surface area contributed by atoms with Crippen molar-refractivity contribution in [1.29, 1.82) is 0 Å². The largest absolute Gasteiger partial charge is 0.336 e. The molecule has 1 aromatic rings. The fourth-order valence-corrected chi connectivity index (χ4v) is 5.20. The molecular weight excluding hydrogens is 341 g/mol. The van der Waals surface area contributed by atoms with Crippen molar-refractivity contribution in [3.63, 3.8) is 0 Å². The van der Waals surface area contributed by atoms with E-state index in [-0.39, 0.29) is 40.2 Å². The van der Waals surface area contributed by atoms with Gasteiger partial charge in [0, 0.05) is 28.9 Å². The molecule has 2 unspecified atom stereocenters. The predicted octanol–water partition coefficient (Wildman–Crippen LogP) is 2.59. The predicted molar refractivity (Wildman–Crippen MR) is 86.6 cm³/mol. The lowest BCUT2D eigenvalue weighted by Crippen LogP contribution is -2.50. The minimum atomic E-state index is -3.09. The van der Waals surface area contributed by atoms with Gasteiger partial charge in [-0.25, -0.2) is 12.8 Å². The van der Waals surface area contributed by atoms with E-state index in [4.69, 9.17) is 11.6 Å². The number of benzene rings is 1. The number of sulfone groups is 1. The van der Waals surface area contributed by atoms with Gasteiger partial charge in [0.2, 0.25) is 5.91 Å². The Morgan fingerprint density at radius 3 is 2.43 bits per heavy atom. The molecule has 4 nitrogen and oxygen atoms in total. The van der Waals surface area contributed by atoms with Crippen molar-refractivity contribution in [3.05, 3.63) is 34.6 Å². The molecule has 126 valence electrons. The molecule has 0 N–H and O–H groups in total. The second-order valence-electron chi connectivity index (χ2n) is 6.49. The summed E-state index contributed by atoms with van der Waals surface area (Å²) in [6, 6.07) is 4.24. The summed E-state index contributed by atoms with van der Waals surface area (Å²) >= 11 is 5.99. The van der Waals surface area contributed by atoms with Crippen molar-refractivity contribution in [3.8, 4) is 0 Å². The lowest BCUT2D eigenvalue weighted by Gasteiger charge is -2.38. The Hall–Kier alpha value is -1.14. The minimum Gasteiger partial charge on any atom is -0.336 e. The van der Waals surface area contributed by atoms with Gasteiger partial charge in [0.25, 0.3) is 0 Å². The van der Waals surface area contributed by atoms with E-state index in [9.17, 15) is 17.6 Å². The summed E-state index contributed by atoms with van der Waals surface area (Å²) in [6.45, 7) is 0. The van der Waals surface area contributed by atoms with Crippen LogP contribution in [-0.4, -0.2) is 42.8 Å². The van der Waals surface area contributed by atoms with Crippen molar-refractivity contribution in [1.82, 2.24) is 4.90 Å². The number of piperidine rings is 1. The van der Waals surface area contributed by atoms with Gasteiger partial charge in [-0.1, -0.05) is 17.7 Å². The van der Waals surface area contributed by atoms with Crippen molar-refractivity contribution in [2.24, 2.45) is 0 Å². The molecule has 1 aromatic carbocycles. The van der Waals surface area contributed by atoms with Crippen molar-refractivity contribution in [2.75, 3.05) is 6.26 Å². The van der Waals surface area contributed by atoms with E-state index in [2.05, 4.69) is 0 Å². The van der Waals surface area contributed by atoms with E-state index in [1.54, 1.807) is 11.0 Å². The first-order chi connectivity index (χ1) is 10.8. The number of rotatable bonds is 3. The molecule has 2 fully saturated rings. The number of amides is 1. The Balaban J connectivity index is 1.77. The van der Waals surface area contributed by atoms with E-state index in [0.29, 0.717) is 12.8 Å². The molecule has 0 radical (unpaired) electrons. The minimum absolute atomic E-state index is 0.0634. The summed E-state index contributed by atoms with van der Waals surface area (Å²) < 4.78 is 37.5. The molecule has 7 heteroatoms. The van der Waals surface area contributed by atoms with Crippen LogP contribution in [0.3, 0.4) is 0 Å². The highest BCUT2D eigenvalue weighted by molar-refractivity contribution is 7.91. The summed E-state index contributed by atoms with van der Waals surface area (Å²) in [5.74, 6) is -0.652. The highest BCUT2D eigenvalue weighted by atomic mass is 35.5. The highest BCUT2D eigenvalue weighted by Crippen LogP contribution is 2.38. The Labute approximate surface area is 140 Å². The zero-order valence-corrected chi connectivity index (χ0v) is 14.4. The van der Waals surface area contributed by atoms with Gasteiger partial charge in [-0.2, -0.15) is 0 Å². The molecule has 2 atom stereocenters. The maximum atomic E-state index is 13.9. The second-order valence-corrected chi connectivity index (χ2v) is 9.22.